The molecule has 0 aliphatic heterocycles. The van der Waals surface area contributed by atoms with E-state index in [1.807, 2.05) is 6.92 Å². The Morgan fingerprint density at radius 2 is 2.00 bits per heavy atom. The van der Waals surface area contributed by atoms with Gasteiger partial charge in [0, 0.05) is 6.61 Å². The third kappa shape index (κ3) is 6.05. The van der Waals surface area contributed by atoms with Gasteiger partial charge in [0.15, 0.2) is 0 Å². The molecule has 1 radical (unpaired) electrons. The molecule has 0 heterocycles. The summed E-state index contributed by atoms with van der Waals surface area (Å²) in [6.07, 6.45) is 1.09. The van der Waals surface area contributed by atoms with E-state index in [9.17, 15) is 0 Å². The van der Waals surface area contributed by atoms with Crippen LogP contribution in [0.2, 0.25) is 0 Å². The van der Waals surface area contributed by atoms with Crippen LogP contribution in [0.4, 0.5) is 0 Å². The molecule has 0 aliphatic carbocycles. The van der Waals surface area contributed by atoms with Gasteiger partial charge in [0.05, 0.1) is 19.3 Å². The zero-order valence-corrected chi connectivity index (χ0v) is 6.93. The van der Waals surface area contributed by atoms with Crippen molar-refractivity contribution in [1.29, 1.82) is 0 Å². The second-order valence-corrected chi connectivity index (χ2v) is 2.10. The van der Waals surface area contributed by atoms with Crippen molar-refractivity contribution < 1.29 is 9.47 Å². The molecule has 0 saturated carbocycles. The lowest BCUT2D eigenvalue weighted by Gasteiger charge is -2.09. The lowest BCUT2D eigenvalue weighted by molar-refractivity contribution is 0.0246. The van der Waals surface area contributed by atoms with Crippen molar-refractivity contribution in [2.75, 3.05) is 19.8 Å². The molecule has 0 bridgehead atoms. The van der Waals surface area contributed by atoms with Gasteiger partial charge >= 0.3 is 0 Å². The lowest BCUT2D eigenvalue weighted by Crippen LogP contribution is -2.11. The Hall–Kier alpha value is -0.0800. The highest BCUT2D eigenvalue weighted by Crippen LogP contribution is 1.93. The zero-order chi connectivity index (χ0) is 7.82. The van der Waals surface area contributed by atoms with Gasteiger partial charge in [0.2, 0.25) is 0 Å². The third-order valence-corrected chi connectivity index (χ3v) is 1.24. The summed E-state index contributed by atoms with van der Waals surface area (Å²) in [5.74, 6) is 0. The molecule has 0 fully saturated rings. The van der Waals surface area contributed by atoms with Gasteiger partial charge in [0.1, 0.15) is 0 Å². The van der Waals surface area contributed by atoms with E-state index < -0.39 is 0 Å². The second-order valence-electron chi connectivity index (χ2n) is 2.10. The maximum Gasteiger partial charge on any atom is 0.0704 e. The molecule has 0 amide bonds. The molecule has 2 nitrogen and oxygen atoms in total. The summed E-state index contributed by atoms with van der Waals surface area (Å²) in [6, 6.07) is 0. The summed E-state index contributed by atoms with van der Waals surface area (Å²) in [6.45, 7) is 9.91. The van der Waals surface area contributed by atoms with E-state index >= 15 is 0 Å². The molecule has 1 atom stereocenters. The Labute approximate surface area is 63.5 Å². The third-order valence-electron chi connectivity index (χ3n) is 1.24. The molecule has 2 heteroatoms. The Kier molecular flexibility index (Phi) is 6.98. The summed E-state index contributed by atoms with van der Waals surface area (Å²) in [7, 11) is 0. The number of hydrogen-bond acceptors (Lipinski definition) is 2. The number of hydrogen-bond donors (Lipinski definition) is 0. The molecule has 61 valence electrons. The predicted octanol–water partition coefficient (Wildman–Crippen LogP) is 1.65. The Balaban J connectivity index is 2.89. The van der Waals surface area contributed by atoms with Crippen LogP contribution in [-0.4, -0.2) is 25.9 Å². The smallest absolute Gasteiger partial charge is 0.0704 e. The van der Waals surface area contributed by atoms with Crippen LogP contribution >= 0.6 is 0 Å². The Morgan fingerprint density at radius 3 is 2.50 bits per heavy atom. The van der Waals surface area contributed by atoms with Gasteiger partial charge in [-0.25, -0.2) is 0 Å². The SMILES string of the molecule is [CH2]C(CC)OCCOCC. The molecule has 0 aliphatic rings. The van der Waals surface area contributed by atoms with Gasteiger partial charge in [-0.2, -0.15) is 0 Å². The van der Waals surface area contributed by atoms with Crippen molar-refractivity contribution in [1.82, 2.24) is 0 Å². The van der Waals surface area contributed by atoms with Crippen molar-refractivity contribution in [2.24, 2.45) is 0 Å². The molecule has 0 aromatic rings. The van der Waals surface area contributed by atoms with Gasteiger partial charge in [-0.05, 0) is 20.3 Å². The average Bonchev–Trinajstić information content (AvgIpc) is 1.98. The van der Waals surface area contributed by atoms with E-state index in [2.05, 4.69) is 13.8 Å². The first-order valence-corrected chi connectivity index (χ1v) is 3.83. The van der Waals surface area contributed by atoms with Crippen LogP contribution in [0.25, 0.3) is 0 Å². The first kappa shape index (κ1) is 9.92. The van der Waals surface area contributed by atoms with E-state index in [1.54, 1.807) is 0 Å². The van der Waals surface area contributed by atoms with E-state index in [1.165, 1.54) is 0 Å². The second kappa shape index (κ2) is 7.03. The molecule has 0 spiro atoms. The minimum Gasteiger partial charge on any atom is -0.379 e. The summed E-state index contributed by atoms with van der Waals surface area (Å²) in [5.41, 5.74) is 0. The van der Waals surface area contributed by atoms with Crippen molar-refractivity contribution in [2.45, 2.75) is 26.4 Å². The van der Waals surface area contributed by atoms with E-state index in [4.69, 9.17) is 9.47 Å². The normalized spacial score (nSPS) is 13.5. The van der Waals surface area contributed by atoms with Crippen molar-refractivity contribution in [3.63, 3.8) is 0 Å². The quantitative estimate of drug-likeness (QED) is 0.529. The lowest BCUT2D eigenvalue weighted by atomic mass is 10.3. The molecular weight excluding hydrogens is 128 g/mol. The van der Waals surface area contributed by atoms with Crippen LogP contribution in [0.1, 0.15) is 20.3 Å². The van der Waals surface area contributed by atoms with Crippen molar-refractivity contribution >= 4 is 0 Å². The highest BCUT2D eigenvalue weighted by Gasteiger charge is 1.95. The van der Waals surface area contributed by atoms with E-state index in [-0.39, 0.29) is 6.10 Å². The minimum atomic E-state index is 0.125. The van der Waals surface area contributed by atoms with Gasteiger partial charge in [0.25, 0.3) is 0 Å². The summed E-state index contributed by atoms with van der Waals surface area (Å²) < 4.78 is 10.3. The van der Waals surface area contributed by atoms with Gasteiger partial charge in [-0.15, -0.1) is 0 Å². The molecule has 0 rings (SSSR count). The fourth-order valence-electron chi connectivity index (χ4n) is 0.536. The fourth-order valence-corrected chi connectivity index (χ4v) is 0.536. The zero-order valence-electron chi connectivity index (χ0n) is 6.93. The summed E-state index contributed by atoms with van der Waals surface area (Å²) in [5, 5.41) is 0. The van der Waals surface area contributed by atoms with Gasteiger partial charge in [-0.1, -0.05) is 6.92 Å². The molecule has 0 saturated heterocycles. The Morgan fingerprint density at radius 1 is 1.30 bits per heavy atom. The first-order chi connectivity index (χ1) is 4.81. The first-order valence-electron chi connectivity index (χ1n) is 3.83. The maximum atomic E-state index is 5.26. The van der Waals surface area contributed by atoms with E-state index in [0.717, 1.165) is 13.0 Å². The highest BCUT2D eigenvalue weighted by molar-refractivity contribution is 4.55. The highest BCUT2D eigenvalue weighted by atomic mass is 16.5. The molecule has 0 aromatic heterocycles. The molecular formula is C8H17O2. The molecule has 1 unspecified atom stereocenters. The van der Waals surface area contributed by atoms with Crippen LogP contribution in [0.3, 0.4) is 0 Å². The molecule has 0 aromatic carbocycles. The number of rotatable bonds is 6. The van der Waals surface area contributed by atoms with Crippen LogP contribution in [0.15, 0.2) is 0 Å². The van der Waals surface area contributed by atoms with Gasteiger partial charge < -0.3 is 9.47 Å². The average molecular weight is 145 g/mol. The van der Waals surface area contributed by atoms with Crippen molar-refractivity contribution in [3.05, 3.63) is 6.92 Å². The monoisotopic (exact) mass is 145 g/mol. The Bertz CT molecular complexity index is 64.3. The minimum absolute atomic E-state index is 0.125. The van der Waals surface area contributed by atoms with Crippen LogP contribution in [0.5, 0.6) is 0 Å². The molecule has 0 N–H and O–H groups in total. The van der Waals surface area contributed by atoms with Crippen molar-refractivity contribution in [3.8, 4) is 0 Å². The topological polar surface area (TPSA) is 18.5 Å². The van der Waals surface area contributed by atoms with Gasteiger partial charge in [-0.3, -0.25) is 0 Å². The van der Waals surface area contributed by atoms with Crippen LogP contribution in [0, 0.1) is 6.92 Å². The maximum absolute atomic E-state index is 5.26. The fraction of sp³-hybridized carbons (Fsp3) is 0.875. The van der Waals surface area contributed by atoms with Crippen LogP contribution < -0.4 is 0 Å². The molecule has 10 heavy (non-hydrogen) atoms. The number of ether oxygens (including phenoxy) is 2. The summed E-state index contributed by atoms with van der Waals surface area (Å²) in [4.78, 5) is 0. The predicted molar refractivity (Wildman–Crippen MR) is 41.9 cm³/mol. The van der Waals surface area contributed by atoms with E-state index in [0.29, 0.717) is 13.2 Å². The largest absolute Gasteiger partial charge is 0.379 e. The van der Waals surface area contributed by atoms with Crippen LogP contribution in [-0.2, 0) is 9.47 Å². The standard InChI is InChI=1S/C8H17O2/c1-4-8(3)10-7-6-9-5-2/h8H,3-7H2,1-2H3. The summed E-state index contributed by atoms with van der Waals surface area (Å²) >= 11 is 0.